The van der Waals surface area contributed by atoms with Gasteiger partial charge in [-0.15, -0.1) is 12.8 Å². The first-order valence-electron chi connectivity index (χ1n) is 21.4. The van der Waals surface area contributed by atoms with Crippen LogP contribution in [0.5, 0.6) is 5.88 Å². The molecule has 0 spiro atoms. The molecule has 1 unspecified atom stereocenters. The first kappa shape index (κ1) is 43.8. The van der Waals surface area contributed by atoms with Gasteiger partial charge in [0.05, 0.1) is 30.1 Å². The van der Waals surface area contributed by atoms with Crippen LogP contribution in [0.3, 0.4) is 0 Å². The van der Waals surface area contributed by atoms with Gasteiger partial charge in [-0.25, -0.2) is 4.98 Å². The number of benzene rings is 2. The molecule has 0 aliphatic carbocycles. The summed E-state index contributed by atoms with van der Waals surface area (Å²) in [5.41, 5.74) is 11.6. The molecule has 4 fully saturated rings. The SMILES string of the molecule is C#C.C=C1CCC(c2ccc(C3CCN(CC4CCN(c5ccc(NC/N=C6/CN(c7cnc8c(c7C)NCCO8)CC/C6=C/C)cc5)CC4)CC3)cc2)C(=O)N1.O=CO. The van der Waals surface area contributed by atoms with Crippen molar-refractivity contribution in [3.05, 3.63) is 95.3 Å². The molecule has 60 heavy (non-hydrogen) atoms. The van der Waals surface area contributed by atoms with Crippen LogP contribution >= 0.6 is 0 Å². The Bertz CT molecular complexity index is 1990. The van der Waals surface area contributed by atoms with Crippen molar-refractivity contribution in [2.45, 2.75) is 70.6 Å². The Kier molecular flexibility index (Phi) is 15.7. The van der Waals surface area contributed by atoms with Gasteiger partial charge in [0.15, 0.2) is 0 Å². The number of aromatic nitrogens is 1. The number of terminal acetylenes is 1. The molecule has 0 radical (unpaired) electrons. The fourth-order valence-corrected chi connectivity index (χ4v) is 9.26. The molecule has 3 aromatic rings. The van der Waals surface area contributed by atoms with Gasteiger partial charge in [-0.3, -0.25) is 14.6 Å². The highest BCUT2D eigenvalue weighted by Crippen LogP contribution is 2.36. The molecule has 2 aromatic carbocycles. The number of hydrogen-bond donors (Lipinski definition) is 4. The van der Waals surface area contributed by atoms with Crippen molar-refractivity contribution in [2.75, 3.05) is 86.1 Å². The number of ether oxygens (including phenoxy) is 1. The highest BCUT2D eigenvalue weighted by atomic mass is 16.5. The van der Waals surface area contributed by atoms with Crippen LogP contribution < -0.4 is 30.5 Å². The normalized spacial score (nSPS) is 21.3. The Hall–Kier alpha value is -5.80. The number of amides is 1. The summed E-state index contributed by atoms with van der Waals surface area (Å²) in [5.74, 6) is 2.12. The number of likely N-dealkylation sites (tertiary alicyclic amines) is 1. The van der Waals surface area contributed by atoms with Gasteiger partial charge in [0.25, 0.3) is 6.47 Å². The summed E-state index contributed by atoms with van der Waals surface area (Å²) < 4.78 is 5.75. The second-order valence-electron chi connectivity index (χ2n) is 16.2. The van der Waals surface area contributed by atoms with Crippen LogP contribution in [0.15, 0.2) is 83.6 Å². The lowest BCUT2D eigenvalue weighted by Crippen LogP contribution is -2.41. The van der Waals surface area contributed by atoms with Crippen LogP contribution in [0, 0.1) is 25.7 Å². The average molecular weight is 815 g/mol. The third-order valence-corrected chi connectivity index (χ3v) is 12.6. The molecule has 4 N–H and O–H groups in total. The van der Waals surface area contributed by atoms with Crippen molar-refractivity contribution >= 4 is 40.8 Å². The van der Waals surface area contributed by atoms with Gasteiger partial charge in [0.2, 0.25) is 11.8 Å². The fraction of sp³-hybridized carbons (Fsp3) is 0.458. The molecule has 318 valence electrons. The van der Waals surface area contributed by atoms with Crippen molar-refractivity contribution in [1.29, 1.82) is 0 Å². The maximum atomic E-state index is 12.5. The molecule has 0 saturated carbocycles. The molecule has 4 saturated heterocycles. The fourth-order valence-electron chi connectivity index (χ4n) is 9.26. The number of fused-ring (bicyclic) bond motifs is 1. The Morgan fingerprint density at radius 1 is 0.967 bits per heavy atom. The molecule has 1 atom stereocenters. The van der Waals surface area contributed by atoms with E-state index in [9.17, 15) is 4.79 Å². The van der Waals surface area contributed by atoms with Gasteiger partial charge in [-0.2, -0.15) is 0 Å². The lowest BCUT2D eigenvalue weighted by atomic mass is 9.85. The number of carbonyl (C=O) groups is 2. The van der Waals surface area contributed by atoms with Crippen molar-refractivity contribution < 1.29 is 19.4 Å². The summed E-state index contributed by atoms with van der Waals surface area (Å²) in [4.78, 5) is 38.1. The smallest absolute Gasteiger partial charge is 0.290 e. The molecule has 0 bridgehead atoms. The van der Waals surface area contributed by atoms with E-state index in [0.717, 1.165) is 91.9 Å². The van der Waals surface area contributed by atoms with Crippen molar-refractivity contribution in [3.8, 4) is 18.7 Å². The Morgan fingerprint density at radius 3 is 2.35 bits per heavy atom. The van der Waals surface area contributed by atoms with Gasteiger partial charge in [0, 0.05) is 55.4 Å². The summed E-state index contributed by atoms with van der Waals surface area (Å²) >= 11 is 0. The predicted molar refractivity (Wildman–Crippen MR) is 244 cm³/mol. The van der Waals surface area contributed by atoms with Crippen LogP contribution in [-0.4, -0.2) is 98.7 Å². The van der Waals surface area contributed by atoms with Crippen LogP contribution in [0.1, 0.15) is 80.4 Å². The van der Waals surface area contributed by atoms with E-state index in [1.165, 1.54) is 67.7 Å². The second kappa shape index (κ2) is 21.5. The Morgan fingerprint density at radius 2 is 1.67 bits per heavy atom. The molecule has 12 nitrogen and oxygen atoms in total. The summed E-state index contributed by atoms with van der Waals surface area (Å²) in [7, 11) is 0. The van der Waals surface area contributed by atoms with Crippen molar-refractivity contribution in [2.24, 2.45) is 10.9 Å². The van der Waals surface area contributed by atoms with Crippen LogP contribution in [0.4, 0.5) is 22.7 Å². The number of piperidine rings is 4. The third-order valence-electron chi connectivity index (χ3n) is 12.6. The van der Waals surface area contributed by atoms with Gasteiger partial charge >= 0.3 is 0 Å². The van der Waals surface area contributed by atoms with Crippen LogP contribution in [0.2, 0.25) is 0 Å². The number of allylic oxidation sites excluding steroid dienone is 2. The molecule has 8 rings (SSSR count). The van der Waals surface area contributed by atoms with E-state index in [4.69, 9.17) is 19.6 Å². The Labute approximate surface area is 356 Å². The molecule has 5 aliphatic rings. The number of pyridine rings is 1. The van der Waals surface area contributed by atoms with Gasteiger partial charge in [-0.05, 0) is 125 Å². The highest BCUT2D eigenvalue weighted by molar-refractivity contribution is 6.04. The number of rotatable bonds is 9. The number of carboxylic acid groups (broad SMARTS) is 1. The first-order valence-corrected chi connectivity index (χ1v) is 21.4. The van der Waals surface area contributed by atoms with Gasteiger partial charge < -0.3 is 40.5 Å². The highest BCUT2D eigenvalue weighted by Gasteiger charge is 2.29. The molecule has 1 amide bonds. The second-order valence-corrected chi connectivity index (χ2v) is 16.2. The lowest BCUT2D eigenvalue weighted by Gasteiger charge is -2.38. The molecule has 5 aliphatic heterocycles. The Balaban J connectivity index is 0.00000116. The number of carbonyl (C=O) groups excluding carboxylic acids is 1. The summed E-state index contributed by atoms with van der Waals surface area (Å²) in [6.45, 7) is 17.5. The molecule has 6 heterocycles. The molecule has 12 heteroatoms. The van der Waals surface area contributed by atoms with E-state index in [2.05, 4.69) is 124 Å². The minimum absolute atomic E-state index is 0.0506. The van der Waals surface area contributed by atoms with Gasteiger partial charge in [-0.1, -0.05) is 36.9 Å². The zero-order valence-electron chi connectivity index (χ0n) is 35.4. The largest absolute Gasteiger partial charge is 0.483 e. The maximum Gasteiger partial charge on any atom is 0.290 e. The monoisotopic (exact) mass is 814 g/mol. The molecular formula is C48H62N8O4. The molecule has 1 aromatic heterocycles. The first-order chi connectivity index (χ1) is 29.3. The minimum atomic E-state index is -0.250. The van der Waals surface area contributed by atoms with E-state index in [0.29, 0.717) is 25.1 Å². The topological polar surface area (TPSA) is 135 Å². The van der Waals surface area contributed by atoms with Crippen LogP contribution in [-0.2, 0) is 9.59 Å². The lowest BCUT2D eigenvalue weighted by molar-refractivity contribution is -0.123. The van der Waals surface area contributed by atoms with E-state index in [1.807, 2.05) is 6.20 Å². The van der Waals surface area contributed by atoms with E-state index in [1.54, 1.807) is 0 Å². The zero-order chi connectivity index (χ0) is 42.4. The average Bonchev–Trinajstić information content (AvgIpc) is 3.28. The van der Waals surface area contributed by atoms with Crippen molar-refractivity contribution in [1.82, 2.24) is 15.2 Å². The number of nitrogens with one attached hydrogen (secondary N) is 3. The minimum Gasteiger partial charge on any atom is -0.483 e. The number of anilines is 4. The standard InChI is InChI=1S/C45H58N8O2.C2H2.CH2O2/c1-4-34-19-25-53(42-27-47-45-43(32(42)3)46-20-26-55-45)29-41(34)49-30-48-38-10-12-39(13-11-38)52-23-15-33(16-24-52)28-51-21-17-36(18-22-51)35-6-8-37(9-7-35)40-14-5-31(2)50-44(40)54;1-2;2-1-3/h4,6-13,27,33,36,40,46,48H,2,5,14-26,28-30H2,1,3H3,(H,50,54);1-2H;1H,(H,2,3)/b34-4-,49-41-;;. The number of aliphatic imine (C=N–C) groups is 1. The quantitative estimate of drug-likeness (QED) is 0.128. The predicted octanol–water partition coefficient (Wildman–Crippen LogP) is 7.41. The van der Waals surface area contributed by atoms with E-state index >= 15 is 0 Å². The maximum absolute atomic E-state index is 12.5. The van der Waals surface area contributed by atoms with Crippen LogP contribution in [0.25, 0.3) is 0 Å². The summed E-state index contributed by atoms with van der Waals surface area (Å²) in [5, 5.41) is 16.8. The van der Waals surface area contributed by atoms with Gasteiger partial charge in [0.1, 0.15) is 19.0 Å². The van der Waals surface area contributed by atoms with Crippen molar-refractivity contribution in [3.63, 3.8) is 0 Å². The summed E-state index contributed by atoms with van der Waals surface area (Å²) in [6, 6.07) is 17.8. The zero-order valence-corrected chi connectivity index (χ0v) is 35.4. The van der Waals surface area contributed by atoms with E-state index in [-0.39, 0.29) is 18.3 Å². The number of nitrogens with zero attached hydrogens (tertiary/aromatic N) is 5. The summed E-state index contributed by atoms with van der Waals surface area (Å²) in [6.07, 6.45) is 19.8. The molecular weight excluding hydrogens is 753 g/mol. The third kappa shape index (κ3) is 10.9. The van der Waals surface area contributed by atoms with E-state index < -0.39 is 0 Å². The number of hydrogen-bond acceptors (Lipinski definition) is 10.